The molecule has 0 spiro atoms. The van der Waals surface area contributed by atoms with Crippen molar-refractivity contribution in [2.24, 2.45) is 0 Å². The first kappa shape index (κ1) is 27.6. The van der Waals surface area contributed by atoms with E-state index >= 15 is 0 Å². The highest BCUT2D eigenvalue weighted by molar-refractivity contribution is 5.98. The first-order valence-corrected chi connectivity index (χ1v) is 13.4. The number of ether oxygens (including phenoxy) is 3. The van der Waals surface area contributed by atoms with Crippen LogP contribution in [0.5, 0.6) is 17.2 Å². The number of methoxy groups -OCH3 is 3. The lowest BCUT2D eigenvalue weighted by atomic mass is 10.1. The molecule has 2 heterocycles. The highest BCUT2D eigenvalue weighted by atomic mass is 16.5. The number of hydrogen-bond donors (Lipinski definition) is 1. The smallest absolute Gasteiger partial charge is 0.322 e. The fraction of sp³-hybridized carbons (Fsp3) is 0.250. The first-order valence-electron chi connectivity index (χ1n) is 13.4. The summed E-state index contributed by atoms with van der Waals surface area (Å²) < 4.78 is 18.2. The molecule has 3 aromatic carbocycles. The van der Waals surface area contributed by atoms with Crippen LogP contribution in [0.1, 0.15) is 16.1 Å². The van der Waals surface area contributed by atoms with Gasteiger partial charge < -0.3 is 33.9 Å². The molecule has 1 saturated heterocycles. The quantitative estimate of drug-likeness (QED) is 0.328. The molecule has 0 bridgehead atoms. The third-order valence-electron chi connectivity index (χ3n) is 7.38. The maximum Gasteiger partial charge on any atom is 0.322 e. The van der Waals surface area contributed by atoms with Gasteiger partial charge in [-0.05, 0) is 67.1 Å². The van der Waals surface area contributed by atoms with E-state index < -0.39 is 0 Å². The molecule has 1 fully saturated rings. The van der Waals surface area contributed by atoms with E-state index in [2.05, 4.69) is 9.88 Å². The van der Waals surface area contributed by atoms with Crippen LogP contribution in [0.3, 0.4) is 0 Å². The second kappa shape index (κ2) is 12.1. The van der Waals surface area contributed by atoms with E-state index in [1.54, 1.807) is 38.4 Å². The lowest BCUT2D eigenvalue weighted by Crippen LogP contribution is -2.51. The van der Waals surface area contributed by atoms with Crippen molar-refractivity contribution in [3.8, 4) is 34.2 Å². The highest BCUT2D eigenvalue weighted by Crippen LogP contribution is 2.32. The molecule has 9 heteroatoms. The number of hydrogen-bond acceptors (Lipinski definition) is 5. The van der Waals surface area contributed by atoms with Gasteiger partial charge in [-0.25, -0.2) is 4.79 Å². The number of urea groups is 1. The third kappa shape index (κ3) is 5.70. The summed E-state index contributed by atoms with van der Waals surface area (Å²) in [5.41, 5.74) is 4.78. The van der Waals surface area contributed by atoms with Crippen LogP contribution < -0.4 is 19.5 Å². The second-order valence-electron chi connectivity index (χ2n) is 9.70. The molecular weight excluding hydrogens is 520 g/mol. The van der Waals surface area contributed by atoms with Crippen molar-refractivity contribution in [3.05, 3.63) is 90.1 Å². The van der Waals surface area contributed by atoms with Gasteiger partial charge in [0.15, 0.2) is 0 Å². The number of carbonyl (C=O) groups excluding carboxylic acids is 2. The van der Waals surface area contributed by atoms with Gasteiger partial charge in [-0.3, -0.25) is 4.79 Å². The Bertz CT molecular complexity index is 1540. The average Bonchev–Trinajstić information content (AvgIpc) is 3.37. The lowest BCUT2D eigenvalue weighted by molar-refractivity contribution is 0.0671. The Kier molecular flexibility index (Phi) is 8.14. The number of aromatic nitrogens is 1. The summed E-state index contributed by atoms with van der Waals surface area (Å²) in [7, 11) is 4.84. The molecule has 3 amide bonds. The topological polar surface area (TPSA) is 85.3 Å². The van der Waals surface area contributed by atoms with Gasteiger partial charge in [0.05, 0.1) is 38.3 Å². The van der Waals surface area contributed by atoms with Crippen LogP contribution in [-0.4, -0.2) is 73.8 Å². The van der Waals surface area contributed by atoms with E-state index in [1.807, 2.05) is 78.6 Å². The summed E-state index contributed by atoms with van der Waals surface area (Å²) in [5.74, 6) is 2.02. The number of rotatable bonds is 7. The minimum absolute atomic E-state index is 0.0660. The van der Waals surface area contributed by atoms with Crippen LogP contribution in [0.4, 0.5) is 10.5 Å². The Balaban J connectivity index is 1.38. The molecule has 1 aromatic heterocycles. The van der Waals surface area contributed by atoms with Crippen molar-refractivity contribution in [3.63, 3.8) is 0 Å². The molecule has 4 aromatic rings. The van der Waals surface area contributed by atoms with Gasteiger partial charge in [-0.2, -0.15) is 0 Å². The fourth-order valence-corrected chi connectivity index (χ4v) is 5.10. The number of piperazine rings is 1. The van der Waals surface area contributed by atoms with Crippen LogP contribution in [0, 0.1) is 6.92 Å². The number of anilines is 1. The zero-order valence-corrected chi connectivity index (χ0v) is 23.7. The van der Waals surface area contributed by atoms with Gasteiger partial charge in [-0.1, -0.05) is 18.2 Å². The van der Waals surface area contributed by atoms with Crippen LogP contribution in [0.25, 0.3) is 16.9 Å². The minimum atomic E-state index is -0.219. The molecule has 1 aliphatic heterocycles. The van der Waals surface area contributed by atoms with Crippen LogP contribution in [0.2, 0.25) is 0 Å². The predicted molar refractivity (Wildman–Crippen MR) is 159 cm³/mol. The van der Waals surface area contributed by atoms with Gasteiger partial charge >= 0.3 is 6.03 Å². The largest absolute Gasteiger partial charge is 0.497 e. The predicted octanol–water partition coefficient (Wildman–Crippen LogP) is 5.47. The second-order valence-corrected chi connectivity index (χ2v) is 9.70. The Labute approximate surface area is 239 Å². The number of nitrogens with zero attached hydrogens (tertiary/aromatic N) is 3. The molecule has 0 aliphatic carbocycles. The summed E-state index contributed by atoms with van der Waals surface area (Å²) in [6, 6.07) is 24.6. The number of benzene rings is 3. The molecule has 0 saturated carbocycles. The summed E-state index contributed by atoms with van der Waals surface area (Å²) in [5, 5.41) is 2.92. The van der Waals surface area contributed by atoms with Crippen molar-refractivity contribution in [1.29, 1.82) is 0 Å². The zero-order valence-electron chi connectivity index (χ0n) is 23.7. The maximum atomic E-state index is 13.9. The standard InChI is InChI=1S/C32H34N4O5/c1-22-27(31(37)34-16-18-35(19-17-34)32(38)33-28-10-5-6-11-30(28)41-4)21-29(23-12-14-25(39-2)15-13-23)36(22)24-8-7-9-26(20-24)40-3/h5-15,20-21H,16-19H2,1-4H3,(H,33,38). The van der Waals surface area contributed by atoms with E-state index in [0.717, 1.165) is 34.1 Å². The van der Waals surface area contributed by atoms with Crippen molar-refractivity contribution in [2.75, 3.05) is 52.8 Å². The van der Waals surface area contributed by atoms with Gasteiger partial charge in [0, 0.05) is 43.6 Å². The van der Waals surface area contributed by atoms with Gasteiger partial charge in [-0.15, -0.1) is 0 Å². The zero-order chi connectivity index (χ0) is 28.9. The number of nitrogens with one attached hydrogen (secondary N) is 1. The molecule has 41 heavy (non-hydrogen) atoms. The molecule has 1 aliphatic rings. The molecule has 9 nitrogen and oxygen atoms in total. The number of amides is 3. The third-order valence-corrected chi connectivity index (χ3v) is 7.38. The van der Waals surface area contributed by atoms with Crippen LogP contribution in [-0.2, 0) is 0 Å². The summed E-state index contributed by atoms with van der Waals surface area (Å²) in [6.45, 7) is 3.66. The van der Waals surface area contributed by atoms with Crippen LogP contribution in [0.15, 0.2) is 78.9 Å². The van der Waals surface area contributed by atoms with Gasteiger partial charge in [0.25, 0.3) is 5.91 Å². The minimum Gasteiger partial charge on any atom is -0.497 e. The average molecular weight is 555 g/mol. The normalized spacial score (nSPS) is 13.1. The van der Waals surface area contributed by atoms with Gasteiger partial charge in [0.2, 0.25) is 0 Å². The number of para-hydroxylation sites is 2. The monoisotopic (exact) mass is 554 g/mol. The van der Waals surface area contributed by atoms with Crippen molar-refractivity contribution < 1.29 is 23.8 Å². The number of carbonyl (C=O) groups is 2. The lowest BCUT2D eigenvalue weighted by Gasteiger charge is -2.34. The first-order chi connectivity index (χ1) is 19.9. The molecule has 0 atom stereocenters. The fourth-order valence-electron chi connectivity index (χ4n) is 5.10. The summed E-state index contributed by atoms with van der Waals surface area (Å²) in [4.78, 5) is 30.3. The summed E-state index contributed by atoms with van der Waals surface area (Å²) >= 11 is 0. The molecule has 1 N–H and O–H groups in total. The molecule has 212 valence electrons. The maximum absolute atomic E-state index is 13.9. The Morgan fingerprint density at radius 2 is 1.41 bits per heavy atom. The molecule has 0 unspecified atom stereocenters. The van der Waals surface area contributed by atoms with Crippen molar-refractivity contribution in [2.45, 2.75) is 6.92 Å². The highest BCUT2D eigenvalue weighted by Gasteiger charge is 2.28. The van der Waals surface area contributed by atoms with E-state index in [9.17, 15) is 9.59 Å². The molecule has 5 rings (SSSR count). The molecule has 0 radical (unpaired) electrons. The SMILES string of the molecule is COc1ccc(-c2cc(C(=O)N3CCN(C(=O)Nc4ccccc4OC)CC3)c(C)n2-c2cccc(OC)c2)cc1. The Morgan fingerprint density at radius 3 is 2.10 bits per heavy atom. The van der Waals surface area contributed by atoms with E-state index in [-0.39, 0.29) is 11.9 Å². The van der Waals surface area contributed by atoms with Crippen molar-refractivity contribution >= 4 is 17.6 Å². The van der Waals surface area contributed by atoms with Crippen molar-refractivity contribution in [1.82, 2.24) is 14.4 Å². The van der Waals surface area contributed by atoms with Gasteiger partial charge in [0.1, 0.15) is 17.2 Å². The Hall–Kier alpha value is -4.92. The van der Waals surface area contributed by atoms with Crippen LogP contribution >= 0.6 is 0 Å². The van der Waals surface area contributed by atoms with E-state index in [4.69, 9.17) is 14.2 Å². The van der Waals surface area contributed by atoms with E-state index in [0.29, 0.717) is 43.2 Å². The Morgan fingerprint density at radius 1 is 0.732 bits per heavy atom. The molecular formula is C32H34N4O5. The summed E-state index contributed by atoms with van der Waals surface area (Å²) in [6.07, 6.45) is 0. The van der Waals surface area contributed by atoms with E-state index in [1.165, 1.54) is 0 Å².